The zero-order valence-corrected chi connectivity index (χ0v) is 9.07. The molecule has 0 radical (unpaired) electrons. The monoisotopic (exact) mass is 214 g/mol. The highest BCUT2D eigenvalue weighted by atomic mass is 16.7. The molecule has 0 aliphatic carbocycles. The van der Waals surface area contributed by atoms with Crippen LogP contribution < -0.4 is 5.73 Å². The first-order valence-electron chi connectivity index (χ1n) is 5.44. The lowest BCUT2D eigenvalue weighted by molar-refractivity contribution is -0.188. The molecule has 2 N–H and O–H groups in total. The zero-order valence-electron chi connectivity index (χ0n) is 9.07. The van der Waals surface area contributed by atoms with Crippen LogP contribution in [-0.4, -0.2) is 48.9 Å². The van der Waals surface area contributed by atoms with Crippen molar-refractivity contribution in [3.63, 3.8) is 0 Å². The fourth-order valence-corrected chi connectivity index (χ4v) is 2.22. The van der Waals surface area contributed by atoms with E-state index in [1.165, 1.54) is 0 Å². The largest absolute Gasteiger partial charge is 0.368 e. The van der Waals surface area contributed by atoms with Crippen molar-refractivity contribution < 1.29 is 14.3 Å². The molecule has 5 heteroatoms. The van der Waals surface area contributed by atoms with Crippen LogP contribution in [0.1, 0.15) is 19.8 Å². The summed E-state index contributed by atoms with van der Waals surface area (Å²) in [5, 5.41) is 0. The summed E-state index contributed by atoms with van der Waals surface area (Å²) in [5.41, 5.74) is 5.27. The molecule has 2 heterocycles. The summed E-state index contributed by atoms with van der Waals surface area (Å²) in [7, 11) is 0. The highest BCUT2D eigenvalue weighted by molar-refractivity contribution is 5.79. The van der Waals surface area contributed by atoms with Crippen molar-refractivity contribution in [3.8, 4) is 0 Å². The van der Waals surface area contributed by atoms with Crippen molar-refractivity contribution in [2.24, 2.45) is 5.73 Å². The van der Waals surface area contributed by atoms with E-state index in [9.17, 15) is 4.79 Å². The molecule has 2 fully saturated rings. The predicted molar refractivity (Wildman–Crippen MR) is 54.1 cm³/mol. The van der Waals surface area contributed by atoms with E-state index in [1.54, 1.807) is 0 Å². The first kappa shape index (κ1) is 10.9. The van der Waals surface area contributed by atoms with Crippen molar-refractivity contribution in [1.82, 2.24) is 4.90 Å². The number of nitrogens with two attached hydrogens (primary N) is 1. The van der Waals surface area contributed by atoms with Crippen LogP contribution in [0.4, 0.5) is 0 Å². The van der Waals surface area contributed by atoms with Gasteiger partial charge < -0.3 is 15.2 Å². The Morgan fingerprint density at radius 1 is 1.33 bits per heavy atom. The van der Waals surface area contributed by atoms with Crippen LogP contribution in [0.15, 0.2) is 0 Å². The first-order chi connectivity index (χ1) is 7.13. The van der Waals surface area contributed by atoms with Gasteiger partial charge >= 0.3 is 0 Å². The molecule has 1 atom stereocenters. The van der Waals surface area contributed by atoms with Gasteiger partial charge in [-0.25, -0.2) is 0 Å². The SMILES string of the molecule is CC(C(N)=O)N1CCC2(CC1)OCCO2. The van der Waals surface area contributed by atoms with Gasteiger partial charge in [0.15, 0.2) is 5.79 Å². The summed E-state index contributed by atoms with van der Waals surface area (Å²) >= 11 is 0. The highest BCUT2D eigenvalue weighted by Gasteiger charge is 2.40. The molecule has 1 spiro atoms. The second-order valence-corrected chi connectivity index (χ2v) is 4.22. The third kappa shape index (κ3) is 2.14. The van der Waals surface area contributed by atoms with Crippen LogP contribution in [0, 0.1) is 0 Å². The van der Waals surface area contributed by atoms with Gasteiger partial charge in [-0.05, 0) is 6.92 Å². The predicted octanol–water partition coefficient (Wildman–Crippen LogP) is -0.301. The number of nitrogens with zero attached hydrogens (tertiary/aromatic N) is 1. The fourth-order valence-electron chi connectivity index (χ4n) is 2.22. The molecule has 2 aliphatic heterocycles. The average molecular weight is 214 g/mol. The Kier molecular flexibility index (Phi) is 2.95. The van der Waals surface area contributed by atoms with Crippen molar-refractivity contribution in [1.29, 1.82) is 0 Å². The van der Waals surface area contributed by atoms with E-state index in [2.05, 4.69) is 4.90 Å². The van der Waals surface area contributed by atoms with Crippen molar-refractivity contribution >= 4 is 5.91 Å². The number of hydrogen-bond donors (Lipinski definition) is 1. The second-order valence-electron chi connectivity index (χ2n) is 4.22. The van der Waals surface area contributed by atoms with E-state index in [0.717, 1.165) is 25.9 Å². The molecule has 2 rings (SSSR count). The smallest absolute Gasteiger partial charge is 0.234 e. The summed E-state index contributed by atoms with van der Waals surface area (Å²) in [5.74, 6) is -0.632. The topological polar surface area (TPSA) is 64.8 Å². The first-order valence-corrected chi connectivity index (χ1v) is 5.44. The van der Waals surface area contributed by atoms with Gasteiger partial charge in [0, 0.05) is 25.9 Å². The van der Waals surface area contributed by atoms with Crippen molar-refractivity contribution in [2.45, 2.75) is 31.6 Å². The molecule has 1 amide bonds. The van der Waals surface area contributed by atoms with Gasteiger partial charge in [-0.1, -0.05) is 0 Å². The van der Waals surface area contributed by atoms with Gasteiger partial charge in [0.2, 0.25) is 5.91 Å². The quantitative estimate of drug-likeness (QED) is 0.685. The Morgan fingerprint density at radius 3 is 2.33 bits per heavy atom. The van der Waals surface area contributed by atoms with Gasteiger partial charge in [-0.3, -0.25) is 9.69 Å². The Labute approximate surface area is 89.5 Å². The van der Waals surface area contributed by atoms with Crippen LogP contribution in [-0.2, 0) is 14.3 Å². The van der Waals surface area contributed by atoms with E-state index >= 15 is 0 Å². The number of carbonyl (C=O) groups excluding carboxylic acids is 1. The van der Waals surface area contributed by atoms with Crippen LogP contribution in [0.25, 0.3) is 0 Å². The number of piperidine rings is 1. The summed E-state index contributed by atoms with van der Waals surface area (Å²) in [4.78, 5) is 13.1. The van der Waals surface area contributed by atoms with Gasteiger partial charge in [0.05, 0.1) is 19.3 Å². The van der Waals surface area contributed by atoms with Gasteiger partial charge in [-0.15, -0.1) is 0 Å². The van der Waals surface area contributed by atoms with Crippen LogP contribution in [0.5, 0.6) is 0 Å². The molecule has 5 nitrogen and oxygen atoms in total. The van der Waals surface area contributed by atoms with Crippen LogP contribution in [0.3, 0.4) is 0 Å². The van der Waals surface area contributed by atoms with Crippen LogP contribution >= 0.6 is 0 Å². The minimum absolute atomic E-state index is 0.191. The zero-order chi connectivity index (χ0) is 10.9. The maximum atomic E-state index is 11.0. The minimum atomic E-state index is -0.367. The third-order valence-corrected chi connectivity index (χ3v) is 3.33. The Balaban J connectivity index is 1.89. The van der Waals surface area contributed by atoms with Crippen molar-refractivity contribution in [3.05, 3.63) is 0 Å². The van der Waals surface area contributed by atoms with Crippen LogP contribution in [0.2, 0.25) is 0 Å². The Bertz CT molecular complexity index is 241. The number of rotatable bonds is 2. The molecule has 86 valence electrons. The maximum absolute atomic E-state index is 11.0. The van der Waals surface area contributed by atoms with Gasteiger partial charge in [-0.2, -0.15) is 0 Å². The molecule has 15 heavy (non-hydrogen) atoms. The molecule has 0 aromatic carbocycles. The minimum Gasteiger partial charge on any atom is -0.368 e. The van der Waals surface area contributed by atoms with E-state index in [-0.39, 0.29) is 17.7 Å². The number of primary amides is 1. The molecule has 0 aromatic rings. The van der Waals surface area contributed by atoms with E-state index in [0.29, 0.717) is 13.2 Å². The molecule has 0 saturated carbocycles. The molecular weight excluding hydrogens is 196 g/mol. The number of ether oxygens (including phenoxy) is 2. The average Bonchev–Trinajstić information content (AvgIpc) is 2.67. The Hall–Kier alpha value is -0.650. The number of likely N-dealkylation sites (tertiary alicyclic amines) is 1. The van der Waals surface area contributed by atoms with Gasteiger partial charge in [0.1, 0.15) is 0 Å². The standard InChI is InChI=1S/C10H18N2O3/c1-8(9(11)13)12-4-2-10(3-5-12)14-6-7-15-10/h8H,2-7H2,1H3,(H2,11,13). The van der Waals surface area contributed by atoms with Gasteiger partial charge in [0.25, 0.3) is 0 Å². The lowest BCUT2D eigenvalue weighted by Crippen LogP contribution is -2.51. The summed E-state index contributed by atoms with van der Waals surface area (Å²) in [6.07, 6.45) is 1.65. The van der Waals surface area contributed by atoms with Crippen molar-refractivity contribution in [2.75, 3.05) is 26.3 Å². The molecule has 2 saturated heterocycles. The van der Waals surface area contributed by atoms with E-state index < -0.39 is 0 Å². The molecular formula is C10H18N2O3. The lowest BCUT2D eigenvalue weighted by Gasteiger charge is -2.39. The molecule has 2 aliphatic rings. The lowest BCUT2D eigenvalue weighted by atomic mass is 10.0. The molecule has 0 bridgehead atoms. The normalized spacial score (nSPS) is 28.1. The number of amides is 1. The summed E-state index contributed by atoms with van der Waals surface area (Å²) in [6.45, 7) is 4.83. The van der Waals surface area contributed by atoms with E-state index in [1.807, 2.05) is 6.92 Å². The number of carbonyl (C=O) groups is 1. The second kappa shape index (κ2) is 4.08. The van der Waals surface area contributed by atoms with E-state index in [4.69, 9.17) is 15.2 Å². The third-order valence-electron chi connectivity index (χ3n) is 3.33. The highest BCUT2D eigenvalue weighted by Crippen LogP contribution is 2.31. The summed E-state index contributed by atoms with van der Waals surface area (Å²) < 4.78 is 11.2. The summed E-state index contributed by atoms with van der Waals surface area (Å²) in [6, 6.07) is -0.191. The Morgan fingerprint density at radius 2 is 1.87 bits per heavy atom. The maximum Gasteiger partial charge on any atom is 0.234 e. The fraction of sp³-hybridized carbons (Fsp3) is 0.900. The molecule has 1 unspecified atom stereocenters. The molecule has 0 aromatic heterocycles. The number of hydrogen-bond acceptors (Lipinski definition) is 4.